The molecular weight excluding hydrogens is 367 g/mol. The van der Waals surface area contributed by atoms with Gasteiger partial charge in [0.1, 0.15) is 22.9 Å². The number of benzene rings is 1. The molecule has 2 atom stereocenters. The van der Waals surface area contributed by atoms with Crippen molar-refractivity contribution >= 4 is 17.8 Å². The number of amides is 2. The lowest BCUT2D eigenvalue weighted by Crippen LogP contribution is -2.35. The molecule has 1 aliphatic heterocycles. The molecule has 0 radical (unpaired) electrons. The maximum atomic E-state index is 13.3. The van der Waals surface area contributed by atoms with Crippen molar-refractivity contribution in [2.75, 3.05) is 14.1 Å². The molecule has 2 heterocycles. The Balaban J connectivity index is 1.81. The van der Waals surface area contributed by atoms with Crippen LogP contribution in [0.2, 0.25) is 0 Å². The number of halogens is 1. The van der Waals surface area contributed by atoms with Crippen LogP contribution >= 0.6 is 0 Å². The number of hydrogen-bond donors (Lipinski definition) is 1. The molecule has 0 saturated carbocycles. The molecular formula is C20H21FN2O5. The maximum absolute atomic E-state index is 13.3. The molecule has 2 amide bonds. The number of carboxylic acids is 1. The van der Waals surface area contributed by atoms with Crippen LogP contribution in [0.5, 0.6) is 0 Å². The van der Waals surface area contributed by atoms with E-state index >= 15 is 0 Å². The minimum atomic E-state index is -1.10. The Labute approximate surface area is 161 Å². The minimum Gasteiger partial charge on any atom is -0.478 e. The molecule has 1 saturated heterocycles. The molecule has 8 heteroatoms. The number of hydrogen-bond acceptors (Lipinski definition) is 4. The summed E-state index contributed by atoms with van der Waals surface area (Å²) in [4.78, 5) is 39.3. The van der Waals surface area contributed by atoms with Crippen LogP contribution in [0.25, 0.3) is 0 Å². The van der Waals surface area contributed by atoms with Gasteiger partial charge in [0.05, 0.1) is 18.5 Å². The van der Waals surface area contributed by atoms with Gasteiger partial charge in [-0.05, 0) is 30.7 Å². The Morgan fingerprint density at radius 3 is 2.54 bits per heavy atom. The van der Waals surface area contributed by atoms with Crippen molar-refractivity contribution < 1.29 is 28.3 Å². The normalized spacial score (nSPS) is 19.1. The lowest BCUT2D eigenvalue weighted by molar-refractivity contribution is -0.136. The molecule has 0 bridgehead atoms. The number of carbonyl (C=O) groups is 3. The Morgan fingerprint density at radius 1 is 1.32 bits per heavy atom. The van der Waals surface area contributed by atoms with E-state index in [1.165, 1.54) is 28.0 Å². The average Bonchev–Trinajstić information content (AvgIpc) is 3.15. The summed E-state index contributed by atoms with van der Waals surface area (Å²) in [7, 11) is 3.20. The van der Waals surface area contributed by atoms with Gasteiger partial charge < -0.3 is 19.3 Å². The molecule has 148 valence electrons. The van der Waals surface area contributed by atoms with Gasteiger partial charge in [0.2, 0.25) is 11.8 Å². The summed E-state index contributed by atoms with van der Waals surface area (Å²) >= 11 is 0. The zero-order valence-corrected chi connectivity index (χ0v) is 15.8. The van der Waals surface area contributed by atoms with E-state index in [1.807, 2.05) is 0 Å². The highest BCUT2D eigenvalue weighted by Crippen LogP contribution is 2.38. The van der Waals surface area contributed by atoms with E-state index in [4.69, 9.17) is 9.52 Å². The van der Waals surface area contributed by atoms with Gasteiger partial charge in [0.15, 0.2) is 0 Å². The summed E-state index contributed by atoms with van der Waals surface area (Å²) in [6, 6.07) is 6.66. The fraction of sp³-hybridized carbons (Fsp3) is 0.350. The quantitative estimate of drug-likeness (QED) is 0.850. The first-order valence-corrected chi connectivity index (χ1v) is 8.77. The fourth-order valence-corrected chi connectivity index (χ4v) is 3.64. The summed E-state index contributed by atoms with van der Waals surface area (Å²) in [5, 5.41) is 9.12. The first kappa shape index (κ1) is 19.6. The topological polar surface area (TPSA) is 91.1 Å². The van der Waals surface area contributed by atoms with Crippen molar-refractivity contribution in [3.05, 3.63) is 58.8 Å². The largest absolute Gasteiger partial charge is 0.478 e. The first-order chi connectivity index (χ1) is 13.2. The third-order valence-corrected chi connectivity index (χ3v) is 5.08. The zero-order valence-electron chi connectivity index (χ0n) is 15.8. The van der Waals surface area contributed by atoms with Gasteiger partial charge in [-0.15, -0.1) is 0 Å². The van der Waals surface area contributed by atoms with Gasteiger partial charge in [0.25, 0.3) is 0 Å². The summed E-state index contributed by atoms with van der Waals surface area (Å²) in [6.07, 6.45) is 0.0548. The molecule has 1 aromatic heterocycles. The van der Waals surface area contributed by atoms with Crippen LogP contribution < -0.4 is 0 Å². The molecule has 1 aliphatic rings. The smallest absolute Gasteiger partial charge is 0.339 e. The van der Waals surface area contributed by atoms with Crippen LogP contribution in [0.3, 0.4) is 0 Å². The number of carboxylic acid groups (broad SMARTS) is 1. The van der Waals surface area contributed by atoms with E-state index in [0.29, 0.717) is 11.3 Å². The summed E-state index contributed by atoms with van der Waals surface area (Å²) in [5.74, 6) is -1.92. The second kappa shape index (κ2) is 7.46. The highest BCUT2D eigenvalue weighted by molar-refractivity contribution is 5.90. The molecule has 28 heavy (non-hydrogen) atoms. The van der Waals surface area contributed by atoms with Gasteiger partial charge in [-0.25, -0.2) is 9.18 Å². The van der Waals surface area contributed by atoms with Gasteiger partial charge in [-0.3, -0.25) is 9.59 Å². The van der Waals surface area contributed by atoms with Crippen LogP contribution in [0.1, 0.15) is 39.9 Å². The molecule has 2 unspecified atom stereocenters. The van der Waals surface area contributed by atoms with Gasteiger partial charge in [-0.2, -0.15) is 0 Å². The predicted molar refractivity (Wildman–Crippen MR) is 96.9 cm³/mol. The number of aromatic carboxylic acids is 1. The lowest BCUT2D eigenvalue weighted by atomic mass is 9.92. The number of carbonyl (C=O) groups excluding carboxylic acids is 2. The SMILES string of the molecule is Cc1oc(CN(C)C(=O)C2CC(=O)N(C)C2c2ccc(F)cc2)cc1C(=O)O. The molecule has 1 N–H and O–H groups in total. The number of aryl methyl sites for hydroxylation is 1. The van der Waals surface area contributed by atoms with E-state index < -0.39 is 23.7 Å². The maximum Gasteiger partial charge on any atom is 0.339 e. The highest BCUT2D eigenvalue weighted by atomic mass is 19.1. The summed E-state index contributed by atoms with van der Waals surface area (Å²) < 4.78 is 18.7. The van der Waals surface area contributed by atoms with Gasteiger partial charge >= 0.3 is 5.97 Å². The van der Waals surface area contributed by atoms with Gasteiger partial charge in [0, 0.05) is 20.5 Å². The van der Waals surface area contributed by atoms with Crippen molar-refractivity contribution in [2.24, 2.45) is 5.92 Å². The molecule has 0 aliphatic carbocycles. The van der Waals surface area contributed by atoms with Crippen LogP contribution in [0.4, 0.5) is 4.39 Å². The molecule has 1 fully saturated rings. The van der Waals surface area contributed by atoms with Crippen molar-refractivity contribution in [3.63, 3.8) is 0 Å². The molecule has 7 nitrogen and oxygen atoms in total. The summed E-state index contributed by atoms with van der Waals surface area (Å²) in [6.45, 7) is 1.63. The van der Waals surface area contributed by atoms with E-state index in [9.17, 15) is 18.8 Å². The van der Waals surface area contributed by atoms with Crippen molar-refractivity contribution in [1.82, 2.24) is 9.80 Å². The standard InChI is InChI=1S/C20H21FN2O5/c1-11-15(20(26)27)8-14(28-11)10-22(2)19(25)16-9-17(24)23(3)18(16)12-4-6-13(21)7-5-12/h4-8,16,18H,9-10H2,1-3H3,(H,26,27). The number of likely N-dealkylation sites (tertiary alicyclic amines) is 1. The second-order valence-corrected chi connectivity index (χ2v) is 6.99. The monoisotopic (exact) mass is 388 g/mol. The first-order valence-electron chi connectivity index (χ1n) is 8.77. The van der Waals surface area contributed by atoms with E-state index in [0.717, 1.165) is 0 Å². The molecule has 2 aromatic rings. The zero-order chi connectivity index (χ0) is 20.6. The van der Waals surface area contributed by atoms with E-state index in [2.05, 4.69) is 0 Å². The number of rotatable bonds is 5. The highest BCUT2D eigenvalue weighted by Gasteiger charge is 2.43. The van der Waals surface area contributed by atoms with Crippen molar-refractivity contribution in [2.45, 2.75) is 25.9 Å². The predicted octanol–water partition coefficient (Wildman–Crippen LogP) is 2.60. The Hall–Kier alpha value is -3.16. The Kier molecular flexibility index (Phi) is 5.22. The molecule has 3 rings (SSSR count). The van der Waals surface area contributed by atoms with E-state index in [1.54, 1.807) is 33.2 Å². The molecule has 0 spiro atoms. The van der Waals surface area contributed by atoms with Crippen molar-refractivity contribution in [3.8, 4) is 0 Å². The minimum absolute atomic E-state index is 0.0517. The lowest BCUT2D eigenvalue weighted by Gasteiger charge is -2.27. The van der Waals surface area contributed by atoms with Crippen LogP contribution in [-0.2, 0) is 16.1 Å². The number of nitrogens with zero attached hydrogens (tertiary/aromatic N) is 2. The average molecular weight is 388 g/mol. The van der Waals surface area contributed by atoms with Crippen LogP contribution in [0.15, 0.2) is 34.7 Å². The molecule has 1 aromatic carbocycles. The van der Waals surface area contributed by atoms with Gasteiger partial charge in [-0.1, -0.05) is 12.1 Å². The van der Waals surface area contributed by atoms with E-state index in [-0.39, 0.29) is 36.1 Å². The fourth-order valence-electron chi connectivity index (χ4n) is 3.64. The third kappa shape index (κ3) is 3.62. The van der Waals surface area contributed by atoms with Crippen molar-refractivity contribution in [1.29, 1.82) is 0 Å². The van der Waals surface area contributed by atoms with Crippen LogP contribution in [-0.4, -0.2) is 46.8 Å². The third-order valence-electron chi connectivity index (χ3n) is 5.08. The Bertz CT molecular complexity index is 921. The van der Waals surface area contributed by atoms with Crippen LogP contribution in [0, 0.1) is 18.7 Å². The Morgan fingerprint density at radius 2 is 1.96 bits per heavy atom. The second-order valence-electron chi connectivity index (χ2n) is 6.99. The summed E-state index contributed by atoms with van der Waals surface area (Å²) in [5.41, 5.74) is 0.735. The number of furan rings is 1.